The average Bonchev–Trinajstić information content (AvgIpc) is 3.52. The number of aliphatic hydroxyl groups is 2. The summed E-state index contributed by atoms with van der Waals surface area (Å²) in [7, 11) is -3.04. The van der Waals surface area contributed by atoms with Gasteiger partial charge in [0.15, 0.2) is 21.2 Å². The lowest BCUT2D eigenvalue weighted by atomic mass is 9.96. The van der Waals surface area contributed by atoms with Gasteiger partial charge < -0.3 is 39.4 Å². The number of nitrogen functional groups attached to an aromatic ring is 1. The van der Waals surface area contributed by atoms with Crippen LogP contribution < -0.4 is 20.1 Å². The molecule has 0 amide bonds. The van der Waals surface area contributed by atoms with Crippen molar-refractivity contribution in [3.63, 3.8) is 0 Å². The first-order valence-corrected chi connectivity index (χ1v) is 18.7. The normalized spacial score (nSPS) is 24.8. The topological polar surface area (TPSA) is 212 Å². The zero-order chi connectivity index (χ0) is 35.8. The Balaban J connectivity index is 1.29. The first-order chi connectivity index (χ1) is 23.8. The Morgan fingerprint density at radius 2 is 1.90 bits per heavy atom. The number of nitrogens with one attached hydrogen (secondary N) is 1. The molecule has 0 aliphatic carbocycles. The minimum Gasteiger partial charge on any atom is -0.479 e. The van der Waals surface area contributed by atoms with E-state index < -0.39 is 56.3 Å². The van der Waals surface area contributed by atoms with Crippen LogP contribution in [0.4, 0.5) is 5.95 Å². The number of nitrogens with two attached hydrogens (primary N) is 1. The van der Waals surface area contributed by atoms with Crippen LogP contribution in [-0.2, 0) is 28.1 Å². The lowest BCUT2D eigenvalue weighted by Gasteiger charge is -2.30. The highest BCUT2D eigenvalue weighted by Gasteiger charge is 2.55. The predicted octanol–water partition coefficient (Wildman–Crippen LogP) is 3.72. The van der Waals surface area contributed by atoms with Crippen LogP contribution in [0.15, 0.2) is 42.5 Å². The Bertz CT molecular complexity index is 1900. The molecular formula is C32H40IN6O10P. The van der Waals surface area contributed by atoms with Crippen molar-refractivity contribution >= 4 is 64.2 Å². The number of hydrogen-bond acceptors (Lipinski definition) is 14. The number of hydrogen-bond donors (Lipinski definition) is 4. The van der Waals surface area contributed by atoms with Crippen LogP contribution in [0.1, 0.15) is 39.8 Å². The van der Waals surface area contributed by atoms with Gasteiger partial charge in [0.2, 0.25) is 11.8 Å². The summed E-state index contributed by atoms with van der Waals surface area (Å²) in [5.74, 6) is -0.748. The molecule has 0 saturated carbocycles. The SMILES string of the molecule is COc1nc(N)nc2c1nc(I)n2[C@@H]1O[C@H](COP(=O)(NC(C(=O)OC2CCOCC2)C(C)C)Oc2cccc3ccccc23)[C@@H](O)[C@@]1(C)O. The Morgan fingerprint density at radius 1 is 1.18 bits per heavy atom. The van der Waals surface area contributed by atoms with E-state index in [9.17, 15) is 19.6 Å². The third kappa shape index (κ3) is 7.41. The number of imidazole rings is 1. The molecule has 50 heavy (non-hydrogen) atoms. The Labute approximate surface area is 301 Å². The number of aromatic nitrogens is 4. The number of anilines is 1. The first-order valence-electron chi connectivity index (χ1n) is 16.1. The van der Waals surface area contributed by atoms with Crippen molar-refractivity contribution in [2.75, 3.05) is 32.7 Å². The molecule has 2 aliphatic rings. The molecule has 0 spiro atoms. The molecule has 5 N–H and O–H groups in total. The molecule has 2 unspecified atom stereocenters. The van der Waals surface area contributed by atoms with E-state index in [2.05, 4.69) is 20.0 Å². The van der Waals surface area contributed by atoms with Crippen molar-refractivity contribution in [1.82, 2.24) is 24.6 Å². The molecule has 270 valence electrons. The van der Waals surface area contributed by atoms with Gasteiger partial charge in [-0.25, -0.2) is 9.55 Å². The third-order valence-corrected chi connectivity index (χ3v) is 11.0. The largest absolute Gasteiger partial charge is 0.479 e. The van der Waals surface area contributed by atoms with Crippen molar-refractivity contribution in [3.05, 3.63) is 46.3 Å². The van der Waals surface area contributed by atoms with E-state index >= 15 is 0 Å². The van der Waals surface area contributed by atoms with Gasteiger partial charge in [-0.3, -0.25) is 13.9 Å². The maximum Gasteiger partial charge on any atom is 0.459 e. The zero-order valence-corrected chi connectivity index (χ0v) is 30.9. The molecule has 6 atom stereocenters. The van der Waals surface area contributed by atoms with E-state index in [-0.39, 0.29) is 34.8 Å². The first kappa shape index (κ1) is 36.6. The minimum atomic E-state index is -4.45. The van der Waals surface area contributed by atoms with Gasteiger partial charge in [-0.2, -0.15) is 15.1 Å². The van der Waals surface area contributed by atoms with Gasteiger partial charge in [0.25, 0.3) is 0 Å². The highest BCUT2D eigenvalue weighted by Crippen LogP contribution is 2.49. The molecule has 4 heterocycles. The monoisotopic (exact) mass is 826 g/mol. The van der Waals surface area contributed by atoms with Crippen molar-refractivity contribution < 1.29 is 47.6 Å². The van der Waals surface area contributed by atoms with Crippen LogP contribution in [0.5, 0.6) is 11.6 Å². The number of benzene rings is 2. The Kier molecular flexibility index (Phi) is 10.9. The van der Waals surface area contributed by atoms with Crippen LogP contribution in [0.2, 0.25) is 0 Å². The van der Waals surface area contributed by atoms with Gasteiger partial charge in [-0.1, -0.05) is 50.2 Å². The van der Waals surface area contributed by atoms with Gasteiger partial charge in [-0.05, 0) is 24.3 Å². The number of aliphatic hydroxyl groups excluding tert-OH is 1. The molecule has 2 saturated heterocycles. The number of halogens is 1. The maximum atomic E-state index is 14.8. The summed E-state index contributed by atoms with van der Waals surface area (Å²) < 4.78 is 51.4. The van der Waals surface area contributed by atoms with Gasteiger partial charge in [0.1, 0.15) is 35.7 Å². The molecule has 2 aromatic heterocycles. The quantitative estimate of drug-likeness (QED) is 0.0694. The fourth-order valence-electron chi connectivity index (χ4n) is 5.98. The van der Waals surface area contributed by atoms with Crippen molar-refractivity contribution in [2.24, 2.45) is 5.92 Å². The molecule has 6 rings (SSSR count). The van der Waals surface area contributed by atoms with Gasteiger partial charge >= 0.3 is 13.7 Å². The van der Waals surface area contributed by atoms with E-state index in [4.69, 9.17) is 33.7 Å². The lowest BCUT2D eigenvalue weighted by Crippen LogP contribution is -2.45. The van der Waals surface area contributed by atoms with Crippen LogP contribution in [0.3, 0.4) is 0 Å². The zero-order valence-electron chi connectivity index (χ0n) is 27.9. The number of nitrogens with zero attached hydrogens (tertiary/aromatic N) is 4. The smallest absolute Gasteiger partial charge is 0.459 e. The second-order valence-corrected chi connectivity index (χ2v) is 15.3. The van der Waals surface area contributed by atoms with Crippen LogP contribution in [0, 0.1) is 9.75 Å². The van der Waals surface area contributed by atoms with Crippen LogP contribution in [-0.4, -0.2) is 92.6 Å². The molecule has 2 fully saturated rings. The van der Waals surface area contributed by atoms with E-state index in [0.29, 0.717) is 35.3 Å². The minimum absolute atomic E-state index is 0.0994. The third-order valence-electron chi connectivity index (χ3n) is 8.71. The summed E-state index contributed by atoms with van der Waals surface area (Å²) in [6.45, 7) is 5.36. The number of carbonyl (C=O) groups excluding carboxylic acids is 1. The molecule has 0 radical (unpaired) electrons. The van der Waals surface area contributed by atoms with Gasteiger partial charge in [0, 0.05) is 40.8 Å². The van der Waals surface area contributed by atoms with Crippen molar-refractivity contribution in [2.45, 2.75) is 69.8 Å². The lowest BCUT2D eigenvalue weighted by molar-refractivity contribution is -0.156. The highest BCUT2D eigenvalue weighted by atomic mass is 127. The number of rotatable bonds is 12. The fraction of sp³-hybridized carbons (Fsp3) is 0.500. The molecule has 2 aromatic carbocycles. The van der Waals surface area contributed by atoms with Crippen molar-refractivity contribution in [3.8, 4) is 11.6 Å². The number of fused-ring (bicyclic) bond motifs is 2. The molecule has 18 heteroatoms. The summed E-state index contributed by atoms with van der Waals surface area (Å²) in [4.78, 5) is 26.3. The summed E-state index contributed by atoms with van der Waals surface area (Å²) >= 11 is 1.94. The second kappa shape index (κ2) is 14.8. The Morgan fingerprint density at radius 3 is 2.62 bits per heavy atom. The number of carbonyl (C=O) groups is 1. The summed E-state index contributed by atoms with van der Waals surface area (Å²) in [6.07, 6.45) is -3.28. The number of methoxy groups -OCH3 is 1. The van der Waals surface area contributed by atoms with Gasteiger partial charge in [-0.15, -0.1) is 0 Å². The molecule has 16 nitrogen and oxygen atoms in total. The molecule has 4 aromatic rings. The van der Waals surface area contributed by atoms with E-state index in [1.165, 1.54) is 18.6 Å². The standard InChI is InChI=1S/C32H40IN6O10P/c1-17(2)23(28(41)47-19-12-14-45-15-13-19)38-50(43,49-21-11-7-9-18-8-5-6-10-20(18)21)46-16-22-25(40)32(3,42)29(48-22)39-26-24(35-30(39)33)27(44-4)37-31(34)36-26/h5-11,17,19,22-23,25,29,40,42H,12-16H2,1-4H3,(H,38,43)(H2,34,36,37)/t22-,23?,25-,29-,32-,50?/m1/s1. The molecule has 0 bridgehead atoms. The van der Waals surface area contributed by atoms with E-state index in [0.717, 1.165) is 5.39 Å². The predicted molar refractivity (Wildman–Crippen MR) is 189 cm³/mol. The fourth-order valence-corrected chi connectivity index (χ4v) is 8.39. The Hall–Kier alpha value is -3.16. The van der Waals surface area contributed by atoms with Crippen molar-refractivity contribution in [1.29, 1.82) is 0 Å². The second-order valence-electron chi connectivity index (χ2n) is 12.7. The van der Waals surface area contributed by atoms with Crippen LogP contribution in [0.25, 0.3) is 21.9 Å². The highest BCUT2D eigenvalue weighted by molar-refractivity contribution is 14.1. The maximum absolute atomic E-state index is 14.8. The van der Waals surface area contributed by atoms with Crippen LogP contribution >= 0.6 is 30.3 Å². The summed E-state index contributed by atoms with van der Waals surface area (Å²) in [6, 6.07) is 11.5. The molecule has 2 aliphatic heterocycles. The van der Waals surface area contributed by atoms with E-state index in [1.807, 2.05) is 52.9 Å². The summed E-state index contributed by atoms with van der Waals surface area (Å²) in [5, 5.41) is 27.3. The number of ether oxygens (including phenoxy) is 4. The van der Waals surface area contributed by atoms with E-state index in [1.54, 1.807) is 26.0 Å². The average molecular weight is 827 g/mol. The molecular weight excluding hydrogens is 786 g/mol. The van der Waals surface area contributed by atoms with Gasteiger partial charge in [0.05, 0.1) is 26.9 Å². The summed E-state index contributed by atoms with van der Waals surface area (Å²) in [5.41, 5.74) is 4.47. The number of esters is 1.